The van der Waals surface area contributed by atoms with E-state index in [9.17, 15) is 8.42 Å². The van der Waals surface area contributed by atoms with Crippen LogP contribution < -0.4 is 9.47 Å². The molecule has 0 saturated carbocycles. The minimum Gasteiger partial charge on any atom is -0.493 e. The van der Waals surface area contributed by atoms with Gasteiger partial charge in [-0.2, -0.15) is 9.52 Å². The molecule has 0 radical (unpaired) electrons. The van der Waals surface area contributed by atoms with Crippen LogP contribution in [0.2, 0.25) is 0 Å². The smallest absolute Gasteiger partial charge is 0.247 e. The van der Waals surface area contributed by atoms with Crippen molar-refractivity contribution >= 4 is 26.8 Å². The topological polar surface area (TPSA) is 94.0 Å². The molecule has 0 unspecified atom stereocenters. The molecule has 9 heteroatoms. The molecule has 8 nitrogen and oxygen atoms in total. The quantitative estimate of drug-likeness (QED) is 0.640. The molecule has 0 aliphatic carbocycles. The van der Waals surface area contributed by atoms with Crippen LogP contribution in [0, 0.1) is 0 Å². The van der Waals surface area contributed by atoms with Crippen LogP contribution >= 0.6 is 0 Å². The largest absolute Gasteiger partial charge is 0.493 e. The standard InChI is InChI=1S/C20H20N4O4S/c1-27-19-7-5-13(11-20(19)28-2)16-12-18(24(23-16)29(3,25)26)14-4-6-15-17(10-14)22-9-8-21-15/h4-11,18H,12H2,1-3H3/t18-/m0/s1. The highest BCUT2D eigenvalue weighted by atomic mass is 32.2. The fourth-order valence-electron chi connectivity index (χ4n) is 3.42. The molecule has 1 aliphatic heterocycles. The van der Waals surface area contributed by atoms with Gasteiger partial charge in [0.25, 0.3) is 0 Å². The van der Waals surface area contributed by atoms with Crippen molar-refractivity contribution in [2.45, 2.75) is 12.5 Å². The van der Waals surface area contributed by atoms with Crippen molar-refractivity contribution in [1.82, 2.24) is 14.4 Å². The first kappa shape index (κ1) is 19.1. The highest BCUT2D eigenvalue weighted by Crippen LogP contribution is 2.37. The lowest BCUT2D eigenvalue weighted by molar-refractivity contribution is 0.355. The molecular weight excluding hydrogens is 392 g/mol. The SMILES string of the molecule is COc1ccc(C2=NN(S(C)(=O)=O)[C@H](c3ccc4nccnc4c3)C2)cc1OC. The number of ether oxygens (including phenoxy) is 2. The Labute approximate surface area is 168 Å². The predicted molar refractivity (Wildman–Crippen MR) is 110 cm³/mol. The highest BCUT2D eigenvalue weighted by molar-refractivity contribution is 7.88. The van der Waals surface area contributed by atoms with Gasteiger partial charge in [-0.15, -0.1) is 0 Å². The summed E-state index contributed by atoms with van der Waals surface area (Å²) in [7, 11) is -0.449. The lowest BCUT2D eigenvalue weighted by Gasteiger charge is -2.21. The van der Waals surface area contributed by atoms with E-state index < -0.39 is 16.1 Å². The van der Waals surface area contributed by atoms with E-state index in [4.69, 9.17) is 9.47 Å². The van der Waals surface area contributed by atoms with Gasteiger partial charge in [-0.1, -0.05) is 6.07 Å². The summed E-state index contributed by atoms with van der Waals surface area (Å²) >= 11 is 0. The zero-order valence-electron chi connectivity index (χ0n) is 16.2. The van der Waals surface area contributed by atoms with Crippen molar-refractivity contribution in [3.8, 4) is 11.5 Å². The van der Waals surface area contributed by atoms with Crippen molar-refractivity contribution in [2.75, 3.05) is 20.5 Å². The number of fused-ring (bicyclic) bond motifs is 1. The van der Waals surface area contributed by atoms with Crippen LogP contribution in [0.15, 0.2) is 53.9 Å². The van der Waals surface area contributed by atoms with Gasteiger partial charge in [0.2, 0.25) is 10.0 Å². The van der Waals surface area contributed by atoms with Gasteiger partial charge in [0, 0.05) is 24.4 Å². The van der Waals surface area contributed by atoms with E-state index in [1.54, 1.807) is 38.7 Å². The number of hydrazone groups is 1. The minimum absolute atomic E-state index is 0.425. The fraction of sp³-hybridized carbons (Fsp3) is 0.250. The number of hydrogen-bond acceptors (Lipinski definition) is 7. The average Bonchev–Trinajstić information content (AvgIpc) is 3.19. The van der Waals surface area contributed by atoms with Crippen molar-refractivity contribution in [3.05, 3.63) is 59.9 Å². The number of sulfonamides is 1. The summed E-state index contributed by atoms with van der Waals surface area (Å²) in [6.45, 7) is 0. The van der Waals surface area contributed by atoms with Crippen LogP contribution in [-0.4, -0.2) is 49.0 Å². The molecule has 150 valence electrons. The number of rotatable bonds is 5. The Morgan fingerprint density at radius 3 is 2.38 bits per heavy atom. The summed E-state index contributed by atoms with van der Waals surface area (Å²) in [6.07, 6.45) is 4.82. The first-order valence-corrected chi connectivity index (χ1v) is 10.8. The van der Waals surface area contributed by atoms with Gasteiger partial charge in [0.1, 0.15) is 0 Å². The Morgan fingerprint density at radius 1 is 0.966 bits per heavy atom. The van der Waals surface area contributed by atoms with E-state index >= 15 is 0 Å². The monoisotopic (exact) mass is 412 g/mol. The number of nitrogens with zero attached hydrogens (tertiary/aromatic N) is 4. The second-order valence-electron chi connectivity index (χ2n) is 6.68. The summed E-state index contributed by atoms with van der Waals surface area (Å²) in [5, 5.41) is 4.43. The molecule has 0 N–H and O–H groups in total. The molecule has 1 aliphatic rings. The molecular formula is C20H20N4O4S. The number of methoxy groups -OCH3 is 2. The molecule has 1 atom stereocenters. The molecule has 0 spiro atoms. The number of aromatic nitrogens is 2. The van der Waals surface area contributed by atoms with E-state index in [1.807, 2.05) is 24.3 Å². The molecule has 29 heavy (non-hydrogen) atoms. The number of hydrogen-bond donors (Lipinski definition) is 0. The van der Waals surface area contributed by atoms with E-state index in [2.05, 4.69) is 15.1 Å². The second kappa shape index (κ2) is 7.32. The summed E-state index contributed by atoms with van der Waals surface area (Å²) in [5.74, 6) is 1.16. The second-order valence-corrected chi connectivity index (χ2v) is 8.52. The zero-order valence-corrected chi connectivity index (χ0v) is 17.0. The maximum Gasteiger partial charge on any atom is 0.247 e. The fourth-order valence-corrected chi connectivity index (χ4v) is 4.33. The van der Waals surface area contributed by atoms with Crippen LogP contribution in [0.5, 0.6) is 11.5 Å². The summed E-state index contributed by atoms with van der Waals surface area (Å²) in [5.41, 5.74) is 3.70. The van der Waals surface area contributed by atoms with Crippen molar-refractivity contribution in [2.24, 2.45) is 5.10 Å². The third-order valence-electron chi connectivity index (χ3n) is 4.81. The Hall–Kier alpha value is -3.20. The highest BCUT2D eigenvalue weighted by Gasteiger charge is 2.35. The van der Waals surface area contributed by atoms with E-state index in [1.165, 1.54) is 0 Å². The van der Waals surface area contributed by atoms with Crippen LogP contribution in [0.4, 0.5) is 0 Å². The normalized spacial score (nSPS) is 16.7. The van der Waals surface area contributed by atoms with E-state index in [0.29, 0.717) is 29.1 Å². The first-order valence-electron chi connectivity index (χ1n) is 8.90. The van der Waals surface area contributed by atoms with Crippen LogP contribution in [0.25, 0.3) is 11.0 Å². The Bertz CT molecular complexity index is 1210. The summed E-state index contributed by atoms with van der Waals surface area (Å²) < 4.78 is 36.7. The minimum atomic E-state index is -3.57. The van der Waals surface area contributed by atoms with Gasteiger partial charge >= 0.3 is 0 Å². The van der Waals surface area contributed by atoms with Gasteiger partial charge < -0.3 is 9.47 Å². The molecule has 2 aromatic carbocycles. The molecule has 0 bridgehead atoms. The first-order chi connectivity index (χ1) is 13.9. The van der Waals surface area contributed by atoms with Crippen molar-refractivity contribution < 1.29 is 17.9 Å². The van der Waals surface area contributed by atoms with Crippen LogP contribution in [-0.2, 0) is 10.0 Å². The Balaban J connectivity index is 1.75. The lowest BCUT2D eigenvalue weighted by atomic mass is 9.98. The predicted octanol–water partition coefficient (Wildman–Crippen LogP) is 2.76. The van der Waals surface area contributed by atoms with Gasteiger partial charge in [0.05, 0.1) is 43.3 Å². The summed E-state index contributed by atoms with van der Waals surface area (Å²) in [6, 6.07) is 10.5. The zero-order chi connectivity index (χ0) is 20.6. The number of benzene rings is 2. The van der Waals surface area contributed by atoms with E-state index in [-0.39, 0.29) is 0 Å². The molecule has 4 rings (SSSR count). The third kappa shape index (κ3) is 3.61. The van der Waals surface area contributed by atoms with Gasteiger partial charge in [-0.3, -0.25) is 9.97 Å². The Kier molecular flexibility index (Phi) is 4.83. The van der Waals surface area contributed by atoms with Gasteiger partial charge in [-0.25, -0.2) is 8.42 Å². The van der Waals surface area contributed by atoms with Gasteiger partial charge in [-0.05, 0) is 35.9 Å². The van der Waals surface area contributed by atoms with E-state index in [0.717, 1.165) is 27.3 Å². The third-order valence-corrected chi connectivity index (χ3v) is 5.82. The Morgan fingerprint density at radius 2 is 1.69 bits per heavy atom. The van der Waals surface area contributed by atoms with Crippen LogP contribution in [0.3, 0.4) is 0 Å². The molecule has 0 amide bonds. The lowest BCUT2D eigenvalue weighted by Crippen LogP contribution is -2.25. The molecule has 0 saturated heterocycles. The molecule has 0 fully saturated rings. The summed E-state index contributed by atoms with van der Waals surface area (Å²) in [4.78, 5) is 8.59. The van der Waals surface area contributed by atoms with Crippen molar-refractivity contribution in [1.29, 1.82) is 0 Å². The molecule has 1 aromatic heterocycles. The molecule has 3 aromatic rings. The van der Waals surface area contributed by atoms with Crippen LogP contribution in [0.1, 0.15) is 23.6 Å². The maximum absolute atomic E-state index is 12.4. The van der Waals surface area contributed by atoms with Crippen molar-refractivity contribution in [3.63, 3.8) is 0 Å². The maximum atomic E-state index is 12.4. The average molecular weight is 412 g/mol. The molecule has 2 heterocycles. The van der Waals surface area contributed by atoms with Gasteiger partial charge in [0.15, 0.2) is 11.5 Å².